The summed E-state index contributed by atoms with van der Waals surface area (Å²) in [5.74, 6) is 0. The first-order valence-corrected chi connectivity index (χ1v) is 6.57. The Morgan fingerprint density at radius 2 is 1.94 bits per heavy atom. The summed E-state index contributed by atoms with van der Waals surface area (Å²) in [5, 5.41) is 21.8. The number of hydrogen-bond acceptors (Lipinski definition) is 4. The van der Waals surface area contributed by atoms with Gasteiger partial charge in [0.2, 0.25) is 0 Å². The van der Waals surface area contributed by atoms with Crippen molar-refractivity contribution < 1.29 is 19.7 Å². The second kappa shape index (κ2) is 5.89. The predicted molar refractivity (Wildman–Crippen MR) is 68.3 cm³/mol. The zero-order valence-electron chi connectivity index (χ0n) is 11.5. The predicted octanol–water partition coefficient (Wildman–Crippen LogP) is 1.57. The Bertz CT molecular complexity index is 277. The summed E-state index contributed by atoms with van der Waals surface area (Å²) >= 11 is 0. The maximum absolute atomic E-state index is 11.6. The molecule has 18 heavy (non-hydrogen) atoms. The highest BCUT2D eigenvalue weighted by atomic mass is 16.6. The first-order valence-electron chi connectivity index (χ1n) is 6.57. The van der Waals surface area contributed by atoms with E-state index in [0.29, 0.717) is 19.3 Å². The standard InChI is InChI=1S/C13H25NO4/c1-12(2,3)18-11(16)14-10-4-6-13(17,7-5-10)8-9-15/h10,15,17H,4-9H2,1-3H3,(H,14,16)/t10-,13-. The van der Waals surface area contributed by atoms with Crippen LogP contribution in [0.25, 0.3) is 0 Å². The highest BCUT2D eigenvalue weighted by Crippen LogP contribution is 2.30. The Hall–Kier alpha value is -0.810. The van der Waals surface area contributed by atoms with Crippen LogP contribution in [0, 0.1) is 0 Å². The van der Waals surface area contributed by atoms with E-state index >= 15 is 0 Å². The molecule has 0 spiro atoms. The third-order valence-corrected chi connectivity index (χ3v) is 3.21. The minimum atomic E-state index is -0.763. The van der Waals surface area contributed by atoms with Gasteiger partial charge in [0.1, 0.15) is 5.60 Å². The van der Waals surface area contributed by atoms with E-state index in [0.717, 1.165) is 12.8 Å². The number of carbonyl (C=O) groups is 1. The van der Waals surface area contributed by atoms with E-state index in [1.807, 2.05) is 20.8 Å². The van der Waals surface area contributed by atoms with E-state index in [4.69, 9.17) is 9.84 Å². The number of rotatable bonds is 3. The van der Waals surface area contributed by atoms with Crippen molar-refractivity contribution in [3.63, 3.8) is 0 Å². The van der Waals surface area contributed by atoms with E-state index in [2.05, 4.69) is 5.32 Å². The molecule has 1 saturated carbocycles. The third-order valence-electron chi connectivity index (χ3n) is 3.21. The minimum absolute atomic E-state index is 0.000656. The lowest BCUT2D eigenvalue weighted by molar-refractivity contribution is -0.0240. The molecule has 0 atom stereocenters. The van der Waals surface area contributed by atoms with Crippen molar-refractivity contribution >= 4 is 6.09 Å². The lowest BCUT2D eigenvalue weighted by Gasteiger charge is -2.36. The molecule has 5 nitrogen and oxygen atoms in total. The fraction of sp³-hybridized carbons (Fsp3) is 0.923. The number of aliphatic hydroxyl groups is 2. The van der Waals surface area contributed by atoms with Crippen LogP contribution in [-0.4, -0.2) is 40.2 Å². The van der Waals surface area contributed by atoms with Crippen LogP contribution in [0.15, 0.2) is 0 Å². The summed E-state index contributed by atoms with van der Waals surface area (Å²) in [7, 11) is 0. The van der Waals surface area contributed by atoms with Crippen molar-refractivity contribution in [2.45, 2.75) is 70.1 Å². The zero-order chi connectivity index (χ0) is 13.8. The van der Waals surface area contributed by atoms with Crippen LogP contribution in [0.3, 0.4) is 0 Å². The lowest BCUT2D eigenvalue weighted by atomic mass is 9.80. The molecular formula is C13H25NO4. The molecule has 5 heteroatoms. The summed E-state index contributed by atoms with van der Waals surface area (Å²) < 4.78 is 5.19. The van der Waals surface area contributed by atoms with Crippen molar-refractivity contribution in [3.8, 4) is 0 Å². The van der Waals surface area contributed by atoms with Gasteiger partial charge in [-0.3, -0.25) is 0 Å². The van der Waals surface area contributed by atoms with Gasteiger partial charge in [-0.25, -0.2) is 4.79 Å². The zero-order valence-corrected chi connectivity index (χ0v) is 11.5. The van der Waals surface area contributed by atoms with Crippen molar-refractivity contribution in [3.05, 3.63) is 0 Å². The summed E-state index contributed by atoms with van der Waals surface area (Å²) in [6.45, 7) is 5.48. The van der Waals surface area contributed by atoms with Crippen LogP contribution in [0.1, 0.15) is 52.9 Å². The molecule has 0 bridgehead atoms. The highest BCUT2D eigenvalue weighted by molar-refractivity contribution is 5.68. The van der Waals surface area contributed by atoms with E-state index < -0.39 is 17.3 Å². The Labute approximate surface area is 109 Å². The van der Waals surface area contributed by atoms with Crippen molar-refractivity contribution in [1.82, 2.24) is 5.32 Å². The van der Waals surface area contributed by atoms with Gasteiger partial charge in [0, 0.05) is 12.6 Å². The molecule has 0 aromatic rings. The fourth-order valence-corrected chi connectivity index (χ4v) is 2.23. The van der Waals surface area contributed by atoms with Gasteiger partial charge in [-0.15, -0.1) is 0 Å². The summed E-state index contributed by atoms with van der Waals surface area (Å²) in [6, 6.07) is 0.0545. The van der Waals surface area contributed by atoms with Gasteiger partial charge in [-0.1, -0.05) is 0 Å². The SMILES string of the molecule is CC(C)(C)OC(=O)N[C@H]1CC[C@@](O)(CCO)CC1. The van der Waals surface area contributed by atoms with Crippen LogP contribution in [0.4, 0.5) is 4.79 Å². The largest absolute Gasteiger partial charge is 0.444 e. The molecule has 0 unspecified atom stereocenters. The topological polar surface area (TPSA) is 78.8 Å². The normalized spacial score (nSPS) is 28.8. The number of hydrogen-bond donors (Lipinski definition) is 3. The Morgan fingerprint density at radius 1 is 1.39 bits per heavy atom. The van der Waals surface area contributed by atoms with Gasteiger partial charge in [0.05, 0.1) is 5.60 Å². The van der Waals surface area contributed by atoms with Crippen LogP contribution in [-0.2, 0) is 4.74 Å². The van der Waals surface area contributed by atoms with Crippen molar-refractivity contribution in [2.75, 3.05) is 6.61 Å². The summed E-state index contributed by atoms with van der Waals surface area (Å²) in [4.78, 5) is 11.6. The molecule has 1 rings (SSSR count). The molecule has 3 N–H and O–H groups in total. The molecular weight excluding hydrogens is 234 g/mol. The molecule has 0 heterocycles. The first-order chi connectivity index (χ1) is 8.24. The maximum atomic E-state index is 11.6. The molecule has 1 fully saturated rings. The highest BCUT2D eigenvalue weighted by Gasteiger charge is 2.33. The number of aliphatic hydroxyl groups excluding tert-OH is 1. The van der Waals surface area contributed by atoms with E-state index in [1.165, 1.54) is 0 Å². The average molecular weight is 259 g/mol. The quantitative estimate of drug-likeness (QED) is 0.719. The molecule has 1 aliphatic carbocycles. The van der Waals surface area contributed by atoms with E-state index in [1.54, 1.807) is 0 Å². The number of carbonyl (C=O) groups excluding carboxylic acids is 1. The second-order valence-corrected chi connectivity index (χ2v) is 6.12. The van der Waals surface area contributed by atoms with Gasteiger partial charge in [-0.05, 0) is 52.9 Å². The lowest BCUT2D eigenvalue weighted by Crippen LogP contribution is -2.45. The molecule has 106 valence electrons. The number of alkyl carbamates (subject to hydrolysis) is 1. The Morgan fingerprint density at radius 3 is 2.39 bits per heavy atom. The smallest absolute Gasteiger partial charge is 0.407 e. The van der Waals surface area contributed by atoms with E-state index in [9.17, 15) is 9.90 Å². The number of ether oxygens (including phenoxy) is 1. The Balaban J connectivity index is 2.33. The van der Waals surface area contributed by atoms with Crippen LogP contribution < -0.4 is 5.32 Å². The molecule has 1 amide bonds. The van der Waals surface area contributed by atoms with E-state index in [-0.39, 0.29) is 12.6 Å². The van der Waals surface area contributed by atoms with Crippen LogP contribution >= 0.6 is 0 Å². The first kappa shape index (κ1) is 15.2. The maximum Gasteiger partial charge on any atom is 0.407 e. The summed E-state index contributed by atoms with van der Waals surface area (Å²) in [5.41, 5.74) is -1.25. The van der Waals surface area contributed by atoms with Crippen LogP contribution in [0.2, 0.25) is 0 Å². The van der Waals surface area contributed by atoms with Gasteiger partial charge in [0.25, 0.3) is 0 Å². The molecule has 1 aliphatic rings. The van der Waals surface area contributed by atoms with Gasteiger partial charge < -0.3 is 20.3 Å². The van der Waals surface area contributed by atoms with Gasteiger partial charge in [0.15, 0.2) is 0 Å². The molecule has 0 aromatic heterocycles. The number of nitrogens with one attached hydrogen (secondary N) is 1. The van der Waals surface area contributed by atoms with Crippen molar-refractivity contribution in [1.29, 1.82) is 0 Å². The second-order valence-electron chi connectivity index (χ2n) is 6.12. The fourth-order valence-electron chi connectivity index (χ4n) is 2.23. The Kier molecular flexibility index (Phi) is 4.99. The molecule has 0 aliphatic heterocycles. The average Bonchev–Trinajstić information content (AvgIpc) is 2.19. The van der Waals surface area contributed by atoms with Crippen molar-refractivity contribution in [2.24, 2.45) is 0 Å². The van der Waals surface area contributed by atoms with Gasteiger partial charge in [-0.2, -0.15) is 0 Å². The molecule has 0 radical (unpaired) electrons. The number of amides is 1. The molecule has 0 saturated heterocycles. The van der Waals surface area contributed by atoms with Gasteiger partial charge >= 0.3 is 6.09 Å². The minimum Gasteiger partial charge on any atom is -0.444 e. The molecule has 0 aromatic carbocycles. The summed E-state index contributed by atoms with van der Waals surface area (Å²) in [6.07, 6.45) is 2.65. The van der Waals surface area contributed by atoms with Crippen LogP contribution in [0.5, 0.6) is 0 Å². The monoisotopic (exact) mass is 259 g/mol. The third kappa shape index (κ3) is 5.23.